The van der Waals surface area contributed by atoms with Crippen molar-refractivity contribution in [3.63, 3.8) is 0 Å². The molecule has 0 aromatic carbocycles. The Morgan fingerprint density at radius 1 is 1.40 bits per heavy atom. The molecule has 78 valence electrons. The summed E-state index contributed by atoms with van der Waals surface area (Å²) in [5.74, 6) is 0.798. The second-order valence-corrected chi connectivity index (χ2v) is 3.49. The molecule has 0 aliphatic carbocycles. The predicted molar refractivity (Wildman–Crippen MR) is 59.9 cm³/mol. The van der Waals surface area contributed by atoms with Gasteiger partial charge in [0.1, 0.15) is 0 Å². The number of aromatic nitrogens is 3. The van der Waals surface area contributed by atoms with E-state index < -0.39 is 0 Å². The highest BCUT2D eigenvalue weighted by Gasteiger charge is 2.04. The second kappa shape index (κ2) is 3.73. The molecule has 2 rings (SSSR count). The molecule has 0 atom stereocenters. The summed E-state index contributed by atoms with van der Waals surface area (Å²) in [4.78, 5) is 4.21. The molecule has 0 fully saturated rings. The third kappa shape index (κ3) is 1.83. The molecule has 4 nitrogen and oxygen atoms in total. The maximum atomic E-state index is 5.57. The molecule has 0 aliphatic heterocycles. The first-order chi connectivity index (χ1) is 7.20. The van der Waals surface area contributed by atoms with Crippen LogP contribution in [0.1, 0.15) is 18.2 Å². The zero-order valence-electron chi connectivity index (χ0n) is 8.94. The van der Waals surface area contributed by atoms with Crippen molar-refractivity contribution in [3.05, 3.63) is 35.8 Å². The lowest BCUT2D eigenvalue weighted by Gasteiger charge is -1.99. The van der Waals surface area contributed by atoms with Gasteiger partial charge in [-0.15, -0.1) is 0 Å². The summed E-state index contributed by atoms with van der Waals surface area (Å²) in [5, 5.41) is 4.39. The van der Waals surface area contributed by atoms with E-state index in [1.807, 2.05) is 25.3 Å². The predicted octanol–water partition coefficient (Wildman–Crippen LogP) is 1.72. The quantitative estimate of drug-likeness (QED) is 0.806. The SMILES string of the molecule is CCc1cn(-c2ccc(N)cn2)nc1C. The minimum atomic E-state index is 0.665. The fourth-order valence-electron chi connectivity index (χ4n) is 1.49. The highest BCUT2D eigenvalue weighted by Crippen LogP contribution is 2.11. The maximum Gasteiger partial charge on any atom is 0.153 e. The molecule has 4 heteroatoms. The summed E-state index contributed by atoms with van der Waals surface area (Å²) in [6.07, 6.45) is 4.63. The minimum absolute atomic E-state index is 0.665. The van der Waals surface area contributed by atoms with E-state index in [1.54, 1.807) is 10.9 Å². The van der Waals surface area contributed by atoms with Crippen molar-refractivity contribution in [2.24, 2.45) is 0 Å². The Balaban J connectivity index is 2.41. The fourth-order valence-corrected chi connectivity index (χ4v) is 1.49. The number of pyridine rings is 1. The Morgan fingerprint density at radius 2 is 2.20 bits per heavy atom. The monoisotopic (exact) mass is 202 g/mol. The largest absolute Gasteiger partial charge is 0.397 e. The molecule has 15 heavy (non-hydrogen) atoms. The van der Waals surface area contributed by atoms with E-state index in [1.165, 1.54) is 5.56 Å². The van der Waals surface area contributed by atoms with Crippen LogP contribution in [-0.2, 0) is 6.42 Å². The van der Waals surface area contributed by atoms with E-state index in [9.17, 15) is 0 Å². The lowest BCUT2D eigenvalue weighted by Crippen LogP contribution is -1.98. The smallest absolute Gasteiger partial charge is 0.153 e. The van der Waals surface area contributed by atoms with Crippen molar-refractivity contribution >= 4 is 5.69 Å². The van der Waals surface area contributed by atoms with Crippen LogP contribution in [0.3, 0.4) is 0 Å². The zero-order chi connectivity index (χ0) is 10.8. The zero-order valence-corrected chi connectivity index (χ0v) is 8.94. The van der Waals surface area contributed by atoms with Crippen LogP contribution in [0.5, 0.6) is 0 Å². The molecule has 0 unspecified atom stereocenters. The lowest BCUT2D eigenvalue weighted by atomic mass is 10.2. The summed E-state index contributed by atoms with van der Waals surface area (Å²) >= 11 is 0. The van der Waals surface area contributed by atoms with Gasteiger partial charge in [0.25, 0.3) is 0 Å². The summed E-state index contributed by atoms with van der Waals surface area (Å²) < 4.78 is 1.79. The van der Waals surface area contributed by atoms with Crippen LogP contribution in [0.4, 0.5) is 5.69 Å². The number of nitrogens with two attached hydrogens (primary N) is 1. The van der Waals surface area contributed by atoms with Gasteiger partial charge in [0.05, 0.1) is 17.6 Å². The van der Waals surface area contributed by atoms with Gasteiger partial charge >= 0.3 is 0 Å². The molecule has 0 radical (unpaired) electrons. The van der Waals surface area contributed by atoms with Gasteiger partial charge in [0.15, 0.2) is 5.82 Å². The molecular weight excluding hydrogens is 188 g/mol. The van der Waals surface area contributed by atoms with Gasteiger partial charge in [0, 0.05) is 6.20 Å². The van der Waals surface area contributed by atoms with Crippen molar-refractivity contribution in [2.45, 2.75) is 20.3 Å². The van der Waals surface area contributed by atoms with Gasteiger partial charge in [-0.05, 0) is 31.0 Å². The Bertz CT molecular complexity index is 456. The number of hydrogen-bond donors (Lipinski definition) is 1. The van der Waals surface area contributed by atoms with Crippen LogP contribution < -0.4 is 5.73 Å². The topological polar surface area (TPSA) is 56.7 Å². The first-order valence-corrected chi connectivity index (χ1v) is 4.97. The van der Waals surface area contributed by atoms with Crippen LogP contribution >= 0.6 is 0 Å². The number of hydrogen-bond acceptors (Lipinski definition) is 3. The van der Waals surface area contributed by atoms with Crippen LogP contribution in [0.15, 0.2) is 24.5 Å². The molecule has 2 N–H and O–H groups in total. The number of nitrogen functional groups attached to an aromatic ring is 1. The summed E-state index contributed by atoms with van der Waals surface area (Å²) in [6, 6.07) is 3.69. The third-order valence-corrected chi connectivity index (χ3v) is 2.39. The number of rotatable bonds is 2. The molecule has 0 bridgehead atoms. The Hall–Kier alpha value is -1.84. The van der Waals surface area contributed by atoms with E-state index in [0.717, 1.165) is 17.9 Å². The molecule has 0 saturated heterocycles. The first kappa shape index (κ1) is 9.71. The molecular formula is C11H14N4. The van der Waals surface area contributed by atoms with Crippen LogP contribution in [-0.4, -0.2) is 14.8 Å². The Kier molecular flexibility index (Phi) is 2.41. The summed E-state index contributed by atoms with van der Waals surface area (Å²) in [7, 11) is 0. The van der Waals surface area contributed by atoms with E-state index in [-0.39, 0.29) is 0 Å². The molecule has 2 aromatic rings. The van der Waals surface area contributed by atoms with Crippen molar-refractivity contribution in [2.75, 3.05) is 5.73 Å². The van der Waals surface area contributed by atoms with E-state index in [2.05, 4.69) is 17.0 Å². The summed E-state index contributed by atoms with van der Waals surface area (Å²) in [6.45, 7) is 4.12. The molecule has 0 aliphatic rings. The van der Waals surface area contributed by atoms with Gasteiger partial charge in [-0.3, -0.25) is 0 Å². The van der Waals surface area contributed by atoms with Gasteiger partial charge in [-0.2, -0.15) is 5.10 Å². The standard InChI is InChI=1S/C11H14N4/c1-3-9-7-15(14-8(9)2)11-5-4-10(12)6-13-11/h4-7H,3,12H2,1-2H3. The van der Waals surface area contributed by atoms with Crippen LogP contribution in [0.2, 0.25) is 0 Å². The van der Waals surface area contributed by atoms with Gasteiger partial charge in [0.2, 0.25) is 0 Å². The first-order valence-electron chi connectivity index (χ1n) is 4.97. The van der Waals surface area contributed by atoms with Gasteiger partial charge in [-0.1, -0.05) is 6.92 Å². The number of aryl methyl sites for hydroxylation is 2. The van der Waals surface area contributed by atoms with Gasteiger partial charge < -0.3 is 5.73 Å². The minimum Gasteiger partial charge on any atom is -0.397 e. The van der Waals surface area contributed by atoms with Crippen LogP contribution in [0, 0.1) is 6.92 Å². The number of nitrogens with zero attached hydrogens (tertiary/aromatic N) is 3. The molecule has 0 saturated carbocycles. The Labute approximate surface area is 88.8 Å². The summed E-state index contributed by atoms with van der Waals surface area (Å²) in [5.41, 5.74) is 8.54. The van der Waals surface area contributed by atoms with Crippen molar-refractivity contribution in [3.8, 4) is 5.82 Å². The fraction of sp³-hybridized carbons (Fsp3) is 0.273. The van der Waals surface area contributed by atoms with Crippen LogP contribution in [0.25, 0.3) is 5.82 Å². The van der Waals surface area contributed by atoms with E-state index in [4.69, 9.17) is 5.73 Å². The molecule has 2 aromatic heterocycles. The van der Waals surface area contributed by atoms with Crippen molar-refractivity contribution in [1.82, 2.24) is 14.8 Å². The van der Waals surface area contributed by atoms with Crippen molar-refractivity contribution < 1.29 is 0 Å². The normalized spacial score (nSPS) is 10.5. The highest BCUT2D eigenvalue weighted by molar-refractivity contribution is 5.38. The van der Waals surface area contributed by atoms with E-state index in [0.29, 0.717) is 5.69 Å². The molecule has 0 spiro atoms. The molecule has 0 amide bonds. The number of anilines is 1. The Morgan fingerprint density at radius 3 is 2.73 bits per heavy atom. The third-order valence-electron chi connectivity index (χ3n) is 2.39. The maximum absolute atomic E-state index is 5.57. The van der Waals surface area contributed by atoms with Crippen molar-refractivity contribution in [1.29, 1.82) is 0 Å². The lowest BCUT2D eigenvalue weighted by molar-refractivity contribution is 0.833. The molecule has 2 heterocycles. The highest BCUT2D eigenvalue weighted by atomic mass is 15.3. The average molecular weight is 202 g/mol. The average Bonchev–Trinajstić information content (AvgIpc) is 2.61. The van der Waals surface area contributed by atoms with Gasteiger partial charge in [-0.25, -0.2) is 9.67 Å². The van der Waals surface area contributed by atoms with E-state index >= 15 is 0 Å². The second-order valence-electron chi connectivity index (χ2n) is 3.49.